The van der Waals surface area contributed by atoms with E-state index in [1.54, 1.807) is 0 Å². The van der Waals surface area contributed by atoms with Gasteiger partial charge in [-0.05, 0) is 36.5 Å². The van der Waals surface area contributed by atoms with E-state index in [0.717, 1.165) is 26.3 Å². The summed E-state index contributed by atoms with van der Waals surface area (Å²) in [6.07, 6.45) is 10.7. The molecule has 0 aromatic carbocycles. The van der Waals surface area contributed by atoms with Crippen LogP contribution >= 0.6 is 0 Å². The highest BCUT2D eigenvalue weighted by atomic mass is 16.5. The zero-order valence-electron chi connectivity index (χ0n) is 14.5. The molecule has 1 N–H and O–H groups in total. The second kappa shape index (κ2) is 9.14. The largest absolute Gasteiger partial charge is 0.379 e. The average Bonchev–Trinajstić information content (AvgIpc) is 2.64. The van der Waals surface area contributed by atoms with Crippen molar-refractivity contribution in [3.63, 3.8) is 0 Å². The van der Waals surface area contributed by atoms with Crippen molar-refractivity contribution in [2.75, 3.05) is 32.8 Å². The molecule has 1 saturated heterocycles. The van der Waals surface area contributed by atoms with Crippen LogP contribution in [-0.4, -0.2) is 48.6 Å². The van der Waals surface area contributed by atoms with Crippen molar-refractivity contribution in [1.82, 2.24) is 15.2 Å². The molecule has 1 aliphatic heterocycles. The lowest BCUT2D eigenvalue weighted by atomic mass is 9.87. The lowest BCUT2D eigenvalue weighted by Gasteiger charge is -2.35. The molecule has 132 valence electrons. The highest BCUT2D eigenvalue weighted by molar-refractivity contribution is 5.76. The quantitative estimate of drug-likeness (QED) is 0.870. The van der Waals surface area contributed by atoms with Crippen LogP contribution in [0, 0.1) is 5.92 Å². The summed E-state index contributed by atoms with van der Waals surface area (Å²) >= 11 is 0. The summed E-state index contributed by atoms with van der Waals surface area (Å²) in [6, 6.07) is 4.30. The molecule has 0 unspecified atom stereocenters. The van der Waals surface area contributed by atoms with Crippen molar-refractivity contribution in [3.05, 3.63) is 30.1 Å². The van der Waals surface area contributed by atoms with E-state index in [1.165, 1.54) is 37.7 Å². The Bertz CT molecular complexity index is 497. The first-order valence-corrected chi connectivity index (χ1v) is 9.31. The normalized spacial score (nSPS) is 21.3. The van der Waals surface area contributed by atoms with E-state index in [1.807, 2.05) is 24.5 Å². The number of ether oxygens (including phenoxy) is 1. The predicted octanol–water partition coefficient (Wildman–Crippen LogP) is 2.54. The van der Waals surface area contributed by atoms with Gasteiger partial charge in [-0.1, -0.05) is 19.3 Å². The zero-order valence-corrected chi connectivity index (χ0v) is 14.5. The molecular weight excluding hydrogens is 302 g/mol. The fourth-order valence-electron chi connectivity index (χ4n) is 3.87. The monoisotopic (exact) mass is 331 g/mol. The molecule has 3 rings (SSSR count). The van der Waals surface area contributed by atoms with Gasteiger partial charge in [-0.25, -0.2) is 0 Å². The molecule has 0 bridgehead atoms. The third kappa shape index (κ3) is 5.02. The molecule has 5 heteroatoms. The Balaban J connectivity index is 1.56. The molecule has 2 aliphatic rings. The van der Waals surface area contributed by atoms with E-state index in [4.69, 9.17) is 4.74 Å². The molecule has 24 heavy (non-hydrogen) atoms. The molecule has 1 amide bonds. The van der Waals surface area contributed by atoms with Crippen molar-refractivity contribution in [1.29, 1.82) is 0 Å². The van der Waals surface area contributed by atoms with Gasteiger partial charge in [0.25, 0.3) is 0 Å². The second-order valence-electron chi connectivity index (χ2n) is 6.96. The van der Waals surface area contributed by atoms with E-state index >= 15 is 0 Å². The number of aromatic nitrogens is 1. The van der Waals surface area contributed by atoms with Gasteiger partial charge in [0.1, 0.15) is 0 Å². The van der Waals surface area contributed by atoms with Crippen LogP contribution in [0.5, 0.6) is 0 Å². The number of nitrogens with zero attached hydrogens (tertiary/aromatic N) is 2. The molecule has 2 fully saturated rings. The van der Waals surface area contributed by atoms with Crippen LogP contribution in [0.3, 0.4) is 0 Å². The molecule has 1 aromatic rings. The maximum atomic E-state index is 12.4. The molecule has 1 saturated carbocycles. The van der Waals surface area contributed by atoms with E-state index in [0.29, 0.717) is 18.9 Å². The van der Waals surface area contributed by atoms with Gasteiger partial charge in [-0.3, -0.25) is 14.7 Å². The molecule has 1 atom stereocenters. The van der Waals surface area contributed by atoms with E-state index in [2.05, 4.69) is 15.2 Å². The van der Waals surface area contributed by atoms with Crippen LogP contribution in [0.2, 0.25) is 0 Å². The molecule has 5 nitrogen and oxygen atoms in total. The van der Waals surface area contributed by atoms with E-state index < -0.39 is 0 Å². The van der Waals surface area contributed by atoms with Gasteiger partial charge < -0.3 is 10.1 Å². The molecule has 2 heterocycles. The lowest BCUT2D eigenvalue weighted by Crippen LogP contribution is -2.44. The SMILES string of the molecule is O=C(CC1CCCCC1)NC[C@H](c1ccncc1)N1CCOCC1. The highest BCUT2D eigenvalue weighted by Gasteiger charge is 2.24. The van der Waals surface area contributed by atoms with Crippen molar-refractivity contribution >= 4 is 5.91 Å². The highest BCUT2D eigenvalue weighted by Crippen LogP contribution is 2.26. The Morgan fingerprint density at radius 1 is 1.21 bits per heavy atom. The van der Waals surface area contributed by atoms with Crippen LogP contribution in [-0.2, 0) is 9.53 Å². The summed E-state index contributed by atoms with van der Waals surface area (Å²) in [5.74, 6) is 0.788. The van der Waals surface area contributed by atoms with Crippen LogP contribution in [0.4, 0.5) is 0 Å². The van der Waals surface area contributed by atoms with Gasteiger partial charge in [0.15, 0.2) is 0 Å². The summed E-state index contributed by atoms with van der Waals surface area (Å²) in [6.45, 7) is 4.00. The second-order valence-corrected chi connectivity index (χ2v) is 6.96. The standard InChI is InChI=1S/C19H29N3O2/c23-19(14-16-4-2-1-3-5-16)21-15-18(17-6-8-20-9-7-17)22-10-12-24-13-11-22/h6-9,16,18H,1-5,10-15H2,(H,21,23)/t18-/m1/s1. The van der Waals surface area contributed by atoms with Gasteiger partial charge in [0.05, 0.1) is 19.3 Å². The van der Waals surface area contributed by atoms with Crippen molar-refractivity contribution in [2.24, 2.45) is 5.92 Å². The van der Waals surface area contributed by atoms with Crippen LogP contribution in [0.25, 0.3) is 0 Å². The Kier molecular flexibility index (Phi) is 6.61. The number of morpholine rings is 1. The Morgan fingerprint density at radius 2 is 1.92 bits per heavy atom. The number of carbonyl (C=O) groups is 1. The van der Waals surface area contributed by atoms with Gasteiger partial charge in [-0.2, -0.15) is 0 Å². The number of hydrogen-bond donors (Lipinski definition) is 1. The summed E-state index contributed by atoms with van der Waals surface area (Å²) in [4.78, 5) is 18.9. The topological polar surface area (TPSA) is 54.5 Å². The first-order valence-electron chi connectivity index (χ1n) is 9.31. The van der Waals surface area contributed by atoms with Crippen LogP contribution < -0.4 is 5.32 Å². The Labute approximate surface area is 144 Å². The first kappa shape index (κ1) is 17.4. The molecule has 0 radical (unpaired) electrons. The summed E-state index contributed by atoms with van der Waals surface area (Å²) in [5.41, 5.74) is 1.21. The number of rotatable bonds is 6. The van der Waals surface area contributed by atoms with Gasteiger partial charge in [0, 0.05) is 38.4 Å². The number of carbonyl (C=O) groups excluding carboxylic acids is 1. The Hall–Kier alpha value is -1.46. The first-order chi connectivity index (χ1) is 11.8. The summed E-state index contributed by atoms with van der Waals surface area (Å²) in [7, 11) is 0. The van der Waals surface area contributed by atoms with Crippen LogP contribution in [0.1, 0.15) is 50.1 Å². The van der Waals surface area contributed by atoms with Gasteiger partial charge >= 0.3 is 0 Å². The van der Waals surface area contributed by atoms with Crippen molar-refractivity contribution < 1.29 is 9.53 Å². The molecule has 0 spiro atoms. The van der Waals surface area contributed by atoms with Crippen LogP contribution in [0.15, 0.2) is 24.5 Å². The molecule has 1 aromatic heterocycles. The number of amides is 1. The molecule has 1 aliphatic carbocycles. The number of nitrogens with one attached hydrogen (secondary N) is 1. The minimum absolute atomic E-state index is 0.201. The third-order valence-electron chi connectivity index (χ3n) is 5.27. The third-order valence-corrected chi connectivity index (χ3v) is 5.27. The number of pyridine rings is 1. The number of hydrogen-bond acceptors (Lipinski definition) is 4. The maximum absolute atomic E-state index is 12.4. The van der Waals surface area contributed by atoms with Gasteiger partial charge in [-0.15, -0.1) is 0 Å². The van der Waals surface area contributed by atoms with E-state index in [-0.39, 0.29) is 11.9 Å². The predicted molar refractivity (Wildman–Crippen MR) is 93.6 cm³/mol. The minimum atomic E-state index is 0.201. The maximum Gasteiger partial charge on any atom is 0.220 e. The average molecular weight is 331 g/mol. The van der Waals surface area contributed by atoms with Crippen molar-refractivity contribution in [2.45, 2.75) is 44.6 Å². The van der Waals surface area contributed by atoms with Crippen molar-refractivity contribution in [3.8, 4) is 0 Å². The van der Waals surface area contributed by atoms with E-state index in [9.17, 15) is 4.79 Å². The lowest BCUT2D eigenvalue weighted by molar-refractivity contribution is -0.122. The minimum Gasteiger partial charge on any atom is -0.379 e. The fraction of sp³-hybridized carbons (Fsp3) is 0.684. The Morgan fingerprint density at radius 3 is 2.62 bits per heavy atom. The summed E-state index contributed by atoms with van der Waals surface area (Å²) < 4.78 is 5.47. The smallest absolute Gasteiger partial charge is 0.220 e. The fourth-order valence-corrected chi connectivity index (χ4v) is 3.87. The summed E-state index contributed by atoms with van der Waals surface area (Å²) in [5, 5.41) is 3.18. The zero-order chi connectivity index (χ0) is 16.6. The molecular formula is C19H29N3O2. The van der Waals surface area contributed by atoms with Gasteiger partial charge in [0.2, 0.25) is 5.91 Å².